The van der Waals surface area contributed by atoms with Crippen LogP contribution >= 0.6 is 0 Å². The molecular formula is C14H17F3N2O2. The van der Waals surface area contributed by atoms with Crippen LogP contribution in [-0.2, 0) is 19.1 Å². The van der Waals surface area contributed by atoms with Crippen LogP contribution in [0.4, 0.5) is 13.2 Å². The number of aromatic nitrogens is 2. The Morgan fingerprint density at radius 3 is 2.62 bits per heavy atom. The van der Waals surface area contributed by atoms with Crippen molar-refractivity contribution in [2.45, 2.75) is 38.6 Å². The molecule has 4 nitrogen and oxygen atoms in total. The van der Waals surface area contributed by atoms with E-state index in [0.29, 0.717) is 24.2 Å². The van der Waals surface area contributed by atoms with Crippen molar-refractivity contribution in [2.75, 3.05) is 6.61 Å². The molecule has 0 saturated heterocycles. The number of hydrogen-bond acceptors (Lipinski definition) is 3. The van der Waals surface area contributed by atoms with Crippen molar-refractivity contribution in [3.8, 4) is 0 Å². The largest absolute Gasteiger partial charge is 0.416 e. The molecule has 21 heavy (non-hydrogen) atoms. The minimum Gasteiger partial charge on any atom is -0.396 e. The zero-order valence-corrected chi connectivity index (χ0v) is 11.6. The number of alkyl halides is 3. The van der Waals surface area contributed by atoms with Crippen molar-refractivity contribution in [3.05, 3.63) is 29.6 Å². The lowest BCUT2D eigenvalue weighted by Crippen LogP contribution is -2.14. The summed E-state index contributed by atoms with van der Waals surface area (Å²) in [6, 6.07) is 3.39. The Hall–Kier alpha value is -1.60. The monoisotopic (exact) mass is 302 g/mol. The van der Waals surface area contributed by atoms with Gasteiger partial charge in [0.25, 0.3) is 0 Å². The molecule has 1 unspecified atom stereocenters. The Morgan fingerprint density at radius 2 is 2.05 bits per heavy atom. The van der Waals surface area contributed by atoms with E-state index in [2.05, 4.69) is 4.98 Å². The molecule has 0 saturated carbocycles. The molecule has 0 aliphatic carbocycles. The van der Waals surface area contributed by atoms with Gasteiger partial charge in [-0.1, -0.05) is 0 Å². The third-order valence-corrected chi connectivity index (χ3v) is 3.16. The highest BCUT2D eigenvalue weighted by atomic mass is 19.4. The van der Waals surface area contributed by atoms with Crippen LogP contribution < -0.4 is 0 Å². The fourth-order valence-corrected chi connectivity index (χ4v) is 2.25. The molecule has 7 heteroatoms. The molecule has 0 bridgehead atoms. The van der Waals surface area contributed by atoms with Crippen molar-refractivity contribution in [3.63, 3.8) is 0 Å². The van der Waals surface area contributed by atoms with Gasteiger partial charge >= 0.3 is 6.18 Å². The number of rotatable bonds is 5. The van der Waals surface area contributed by atoms with Crippen LogP contribution in [0.25, 0.3) is 11.0 Å². The summed E-state index contributed by atoms with van der Waals surface area (Å²) >= 11 is 0. The minimum atomic E-state index is -4.41. The van der Waals surface area contributed by atoms with Crippen molar-refractivity contribution >= 4 is 11.0 Å². The van der Waals surface area contributed by atoms with Gasteiger partial charge in [0.15, 0.2) is 0 Å². The van der Waals surface area contributed by atoms with Gasteiger partial charge in [0.1, 0.15) is 5.82 Å². The molecule has 1 aromatic carbocycles. The zero-order valence-electron chi connectivity index (χ0n) is 11.6. The number of fused-ring (bicyclic) bond motifs is 1. The number of aliphatic hydroxyl groups is 2. The summed E-state index contributed by atoms with van der Waals surface area (Å²) in [4.78, 5) is 4.22. The smallest absolute Gasteiger partial charge is 0.396 e. The number of halogens is 3. The fraction of sp³-hybridized carbons (Fsp3) is 0.500. The molecule has 1 heterocycles. The lowest BCUT2D eigenvalue weighted by atomic mass is 10.2. The normalized spacial score (nSPS) is 13.8. The number of benzene rings is 1. The Balaban J connectivity index is 2.50. The van der Waals surface area contributed by atoms with Crippen molar-refractivity contribution in [1.29, 1.82) is 0 Å². The summed E-state index contributed by atoms with van der Waals surface area (Å²) in [7, 11) is 0. The van der Waals surface area contributed by atoms with Gasteiger partial charge in [-0.2, -0.15) is 13.2 Å². The average Bonchev–Trinajstić information content (AvgIpc) is 2.72. The van der Waals surface area contributed by atoms with Crippen molar-refractivity contribution in [2.24, 2.45) is 0 Å². The van der Waals surface area contributed by atoms with E-state index < -0.39 is 17.8 Å². The van der Waals surface area contributed by atoms with Gasteiger partial charge in [0.05, 0.1) is 29.2 Å². The highest BCUT2D eigenvalue weighted by molar-refractivity contribution is 5.77. The van der Waals surface area contributed by atoms with Crippen molar-refractivity contribution in [1.82, 2.24) is 9.55 Å². The second-order valence-electron chi connectivity index (χ2n) is 5.02. The van der Waals surface area contributed by atoms with Gasteiger partial charge in [-0.3, -0.25) is 0 Å². The summed E-state index contributed by atoms with van der Waals surface area (Å²) in [5.74, 6) is 0.569. The first-order valence-corrected chi connectivity index (χ1v) is 6.68. The van der Waals surface area contributed by atoms with Crippen LogP contribution in [0.3, 0.4) is 0 Å². The van der Waals surface area contributed by atoms with Crippen LogP contribution in [0.15, 0.2) is 18.2 Å². The van der Waals surface area contributed by atoms with E-state index in [1.165, 1.54) is 6.07 Å². The summed E-state index contributed by atoms with van der Waals surface area (Å²) in [5.41, 5.74) is 0.0562. The minimum absolute atomic E-state index is 0.0221. The molecule has 0 aliphatic rings. The van der Waals surface area contributed by atoms with Crippen LogP contribution in [-0.4, -0.2) is 32.5 Å². The molecule has 2 N–H and O–H groups in total. The van der Waals surface area contributed by atoms with E-state index in [0.717, 1.165) is 12.1 Å². The lowest BCUT2D eigenvalue weighted by molar-refractivity contribution is -0.137. The lowest BCUT2D eigenvalue weighted by Gasteiger charge is -2.11. The predicted molar refractivity (Wildman–Crippen MR) is 71.8 cm³/mol. The molecule has 0 aliphatic heterocycles. The quantitative estimate of drug-likeness (QED) is 0.891. The second-order valence-corrected chi connectivity index (χ2v) is 5.02. The van der Waals surface area contributed by atoms with Gasteiger partial charge in [-0.15, -0.1) is 0 Å². The Labute approximate surface area is 119 Å². The molecule has 116 valence electrons. The van der Waals surface area contributed by atoms with E-state index in [1.54, 1.807) is 11.5 Å². The standard InChI is InChI=1S/C14H17F3N2O2/c1-9(21)8-19-12-5-4-10(14(15,16)17)7-11(12)18-13(19)3-2-6-20/h4-5,7,9,20-21H,2-3,6,8H2,1H3. The first-order valence-electron chi connectivity index (χ1n) is 6.68. The maximum Gasteiger partial charge on any atom is 0.416 e. The maximum absolute atomic E-state index is 12.7. The maximum atomic E-state index is 12.7. The summed E-state index contributed by atoms with van der Waals surface area (Å²) in [6.45, 7) is 1.83. The van der Waals surface area contributed by atoms with Gasteiger partial charge in [-0.05, 0) is 31.5 Å². The third-order valence-electron chi connectivity index (χ3n) is 3.16. The van der Waals surface area contributed by atoms with E-state index in [9.17, 15) is 18.3 Å². The molecule has 0 amide bonds. The van der Waals surface area contributed by atoms with Crippen LogP contribution in [0.2, 0.25) is 0 Å². The number of nitrogens with zero attached hydrogens (tertiary/aromatic N) is 2. The van der Waals surface area contributed by atoms with Gasteiger partial charge in [0, 0.05) is 13.0 Å². The third kappa shape index (κ3) is 3.54. The van der Waals surface area contributed by atoms with Crippen LogP contribution in [0, 0.1) is 0 Å². The number of imidazole rings is 1. The molecule has 0 fully saturated rings. The first-order chi connectivity index (χ1) is 9.82. The Morgan fingerprint density at radius 1 is 1.33 bits per heavy atom. The van der Waals surface area contributed by atoms with Crippen LogP contribution in [0.1, 0.15) is 24.7 Å². The molecule has 1 atom stereocenters. The molecular weight excluding hydrogens is 285 g/mol. The van der Waals surface area contributed by atoms with E-state index in [1.807, 2.05) is 0 Å². The second kappa shape index (κ2) is 6.03. The Bertz CT molecular complexity index is 620. The van der Waals surface area contributed by atoms with Gasteiger partial charge in [0.2, 0.25) is 0 Å². The van der Waals surface area contributed by atoms with Crippen LogP contribution in [0.5, 0.6) is 0 Å². The summed E-state index contributed by atoms with van der Waals surface area (Å²) in [6.07, 6.45) is -4.14. The summed E-state index contributed by atoms with van der Waals surface area (Å²) in [5, 5.41) is 18.4. The number of hydrogen-bond donors (Lipinski definition) is 2. The van der Waals surface area contributed by atoms with Gasteiger partial charge < -0.3 is 14.8 Å². The molecule has 1 aromatic heterocycles. The number of aryl methyl sites for hydroxylation is 1. The molecule has 2 aromatic rings. The van der Waals surface area contributed by atoms with Gasteiger partial charge in [-0.25, -0.2) is 4.98 Å². The zero-order chi connectivity index (χ0) is 15.6. The van der Waals surface area contributed by atoms with E-state index in [-0.39, 0.29) is 18.7 Å². The predicted octanol–water partition coefficient (Wildman–Crippen LogP) is 2.36. The molecule has 0 spiro atoms. The topological polar surface area (TPSA) is 58.3 Å². The summed E-state index contributed by atoms with van der Waals surface area (Å²) < 4.78 is 39.9. The fourth-order valence-electron chi connectivity index (χ4n) is 2.25. The van der Waals surface area contributed by atoms with Crippen molar-refractivity contribution < 1.29 is 23.4 Å². The molecule has 0 radical (unpaired) electrons. The highest BCUT2D eigenvalue weighted by Gasteiger charge is 2.31. The first kappa shape index (κ1) is 15.8. The average molecular weight is 302 g/mol. The van der Waals surface area contributed by atoms with E-state index in [4.69, 9.17) is 5.11 Å². The highest BCUT2D eigenvalue weighted by Crippen LogP contribution is 2.31. The Kier molecular flexibility index (Phi) is 4.53. The number of aliphatic hydroxyl groups excluding tert-OH is 2. The molecule has 2 rings (SSSR count). The SMILES string of the molecule is CC(O)Cn1c(CCCO)nc2cc(C(F)(F)F)ccc21. The van der Waals surface area contributed by atoms with E-state index >= 15 is 0 Å².